The number of hydrogen-bond acceptors (Lipinski definition) is 4. The topological polar surface area (TPSA) is 51.0 Å². The Morgan fingerprint density at radius 2 is 1.81 bits per heavy atom. The Kier molecular flexibility index (Phi) is 4.77. The van der Waals surface area contributed by atoms with Crippen LogP contribution in [0.4, 0.5) is 4.39 Å². The molecule has 0 radical (unpaired) electrons. The summed E-state index contributed by atoms with van der Waals surface area (Å²) in [5, 5.41) is 11.8. The van der Waals surface area contributed by atoms with Crippen molar-refractivity contribution >= 4 is 5.71 Å². The average Bonchev–Trinajstić information content (AvgIpc) is 2.53. The molecular weight excluding hydrogens is 273 g/mol. The van der Waals surface area contributed by atoms with Gasteiger partial charge in [0.25, 0.3) is 0 Å². The fourth-order valence-electron chi connectivity index (χ4n) is 1.78. The van der Waals surface area contributed by atoms with E-state index in [0.717, 1.165) is 5.56 Å². The number of oxime groups is 1. The first-order valence-electron chi connectivity index (χ1n) is 6.38. The second kappa shape index (κ2) is 6.74. The maximum Gasteiger partial charge on any atom is 0.133 e. The first-order valence-corrected chi connectivity index (χ1v) is 6.38. The minimum absolute atomic E-state index is 0.127. The van der Waals surface area contributed by atoms with Crippen molar-refractivity contribution in [2.75, 3.05) is 7.11 Å². The lowest BCUT2D eigenvalue weighted by Crippen LogP contribution is -2.00. The van der Waals surface area contributed by atoms with Gasteiger partial charge in [-0.05, 0) is 48.9 Å². The number of halogens is 1. The highest BCUT2D eigenvalue weighted by molar-refractivity contribution is 5.98. The number of rotatable bonds is 5. The van der Waals surface area contributed by atoms with Gasteiger partial charge in [0.2, 0.25) is 0 Å². The third-order valence-electron chi connectivity index (χ3n) is 3.08. The third kappa shape index (κ3) is 3.72. The zero-order chi connectivity index (χ0) is 15.2. The minimum Gasteiger partial charge on any atom is -0.497 e. The molecule has 0 aromatic heterocycles. The predicted molar refractivity (Wildman–Crippen MR) is 77.7 cm³/mol. The molecule has 0 atom stereocenters. The Morgan fingerprint density at radius 1 is 1.14 bits per heavy atom. The van der Waals surface area contributed by atoms with Gasteiger partial charge in [-0.1, -0.05) is 5.16 Å². The van der Waals surface area contributed by atoms with E-state index in [1.54, 1.807) is 43.3 Å². The van der Waals surface area contributed by atoms with Crippen LogP contribution in [0.25, 0.3) is 0 Å². The van der Waals surface area contributed by atoms with Crippen LogP contribution in [0.1, 0.15) is 18.1 Å². The molecule has 0 unspecified atom stereocenters. The van der Waals surface area contributed by atoms with Gasteiger partial charge in [-0.2, -0.15) is 0 Å². The second-order valence-corrected chi connectivity index (χ2v) is 4.46. The van der Waals surface area contributed by atoms with Crippen LogP contribution in [0.2, 0.25) is 0 Å². The molecule has 5 heteroatoms. The van der Waals surface area contributed by atoms with Crippen molar-refractivity contribution in [2.24, 2.45) is 5.16 Å². The number of ether oxygens (including phenoxy) is 2. The smallest absolute Gasteiger partial charge is 0.133 e. The molecule has 2 aromatic rings. The average molecular weight is 289 g/mol. The van der Waals surface area contributed by atoms with Crippen molar-refractivity contribution in [3.8, 4) is 11.5 Å². The van der Waals surface area contributed by atoms with Crippen LogP contribution in [0, 0.1) is 5.82 Å². The molecule has 0 bridgehead atoms. The van der Waals surface area contributed by atoms with E-state index in [1.165, 1.54) is 13.2 Å². The number of hydrogen-bond donors (Lipinski definition) is 1. The van der Waals surface area contributed by atoms with Gasteiger partial charge >= 0.3 is 0 Å². The van der Waals surface area contributed by atoms with Crippen molar-refractivity contribution in [3.63, 3.8) is 0 Å². The summed E-state index contributed by atoms with van der Waals surface area (Å²) in [4.78, 5) is 0. The highest BCUT2D eigenvalue weighted by Crippen LogP contribution is 2.19. The van der Waals surface area contributed by atoms with Gasteiger partial charge < -0.3 is 14.7 Å². The maximum atomic E-state index is 13.8. The summed E-state index contributed by atoms with van der Waals surface area (Å²) in [5.41, 5.74) is 1.76. The number of benzene rings is 2. The molecule has 0 spiro atoms. The van der Waals surface area contributed by atoms with E-state index < -0.39 is 0 Å². The van der Waals surface area contributed by atoms with E-state index in [4.69, 9.17) is 14.7 Å². The second-order valence-electron chi connectivity index (χ2n) is 4.46. The molecule has 0 aliphatic carbocycles. The summed E-state index contributed by atoms with van der Waals surface area (Å²) in [6, 6.07) is 11.7. The van der Waals surface area contributed by atoms with Crippen LogP contribution < -0.4 is 9.47 Å². The first-order chi connectivity index (χ1) is 10.1. The Hall–Kier alpha value is -2.56. The maximum absolute atomic E-state index is 13.8. The lowest BCUT2D eigenvalue weighted by Gasteiger charge is -2.09. The largest absolute Gasteiger partial charge is 0.497 e. The summed E-state index contributed by atoms with van der Waals surface area (Å²) in [6.45, 7) is 1.82. The molecule has 0 heterocycles. The lowest BCUT2D eigenvalue weighted by molar-refractivity contribution is 0.299. The molecule has 0 saturated carbocycles. The van der Waals surface area contributed by atoms with Crippen LogP contribution in [0.15, 0.2) is 47.6 Å². The highest BCUT2D eigenvalue weighted by atomic mass is 19.1. The molecule has 0 fully saturated rings. The van der Waals surface area contributed by atoms with Crippen molar-refractivity contribution in [2.45, 2.75) is 13.5 Å². The van der Waals surface area contributed by atoms with E-state index in [0.29, 0.717) is 22.8 Å². The molecule has 0 amide bonds. The van der Waals surface area contributed by atoms with Crippen LogP contribution in [-0.2, 0) is 6.61 Å². The normalized spacial score (nSPS) is 11.3. The van der Waals surface area contributed by atoms with Crippen LogP contribution in [0.3, 0.4) is 0 Å². The Labute approximate surface area is 122 Å². The lowest BCUT2D eigenvalue weighted by atomic mass is 10.1. The van der Waals surface area contributed by atoms with Crippen molar-refractivity contribution < 1.29 is 19.1 Å². The molecule has 21 heavy (non-hydrogen) atoms. The zero-order valence-corrected chi connectivity index (χ0v) is 11.8. The van der Waals surface area contributed by atoms with E-state index in [2.05, 4.69) is 5.16 Å². The Morgan fingerprint density at radius 3 is 2.38 bits per heavy atom. The molecule has 110 valence electrons. The standard InChI is InChI=1S/C16H16FNO3/c1-11(18-19)12-3-6-14(7-4-12)21-10-13-5-8-15(20-2)9-16(13)17/h3-9,19H,10H2,1-2H3/b18-11+. The van der Waals surface area contributed by atoms with Gasteiger partial charge in [-0.3, -0.25) is 0 Å². The van der Waals surface area contributed by atoms with Crippen LogP contribution in [-0.4, -0.2) is 18.0 Å². The van der Waals surface area contributed by atoms with Crippen molar-refractivity contribution in [1.29, 1.82) is 0 Å². The van der Waals surface area contributed by atoms with Crippen molar-refractivity contribution in [3.05, 3.63) is 59.4 Å². The zero-order valence-electron chi connectivity index (χ0n) is 11.8. The fourth-order valence-corrected chi connectivity index (χ4v) is 1.78. The third-order valence-corrected chi connectivity index (χ3v) is 3.08. The number of nitrogens with zero attached hydrogens (tertiary/aromatic N) is 1. The fraction of sp³-hybridized carbons (Fsp3) is 0.188. The number of methoxy groups -OCH3 is 1. The van der Waals surface area contributed by atoms with Gasteiger partial charge in [0.1, 0.15) is 23.9 Å². The molecule has 1 N–H and O–H groups in total. The minimum atomic E-state index is -0.366. The molecule has 0 aliphatic rings. The molecule has 0 aliphatic heterocycles. The Balaban J connectivity index is 2.03. The van der Waals surface area contributed by atoms with Gasteiger partial charge in [0.15, 0.2) is 0 Å². The molecule has 4 nitrogen and oxygen atoms in total. The van der Waals surface area contributed by atoms with Crippen LogP contribution in [0.5, 0.6) is 11.5 Å². The highest BCUT2D eigenvalue weighted by Gasteiger charge is 2.05. The quantitative estimate of drug-likeness (QED) is 0.519. The van der Waals surface area contributed by atoms with Gasteiger partial charge in [-0.25, -0.2) is 4.39 Å². The molecule has 2 rings (SSSR count). The van der Waals surface area contributed by atoms with Gasteiger partial charge in [-0.15, -0.1) is 0 Å². The molecular formula is C16H16FNO3. The van der Waals surface area contributed by atoms with E-state index in [1.807, 2.05) is 0 Å². The van der Waals surface area contributed by atoms with Gasteiger partial charge in [0.05, 0.1) is 12.8 Å². The van der Waals surface area contributed by atoms with E-state index in [9.17, 15) is 4.39 Å². The van der Waals surface area contributed by atoms with E-state index in [-0.39, 0.29) is 12.4 Å². The van der Waals surface area contributed by atoms with Gasteiger partial charge in [0, 0.05) is 11.6 Å². The summed E-state index contributed by atoms with van der Waals surface area (Å²) in [7, 11) is 1.49. The van der Waals surface area contributed by atoms with Crippen LogP contribution >= 0.6 is 0 Å². The summed E-state index contributed by atoms with van der Waals surface area (Å²) in [5.74, 6) is 0.716. The SMILES string of the molecule is COc1ccc(COc2ccc(/C(C)=N/O)cc2)c(F)c1. The van der Waals surface area contributed by atoms with E-state index >= 15 is 0 Å². The Bertz CT molecular complexity index is 638. The molecule has 2 aromatic carbocycles. The van der Waals surface area contributed by atoms with Crippen molar-refractivity contribution in [1.82, 2.24) is 0 Å². The first kappa shape index (κ1) is 14.8. The summed E-state index contributed by atoms with van der Waals surface area (Å²) < 4.78 is 24.2. The monoisotopic (exact) mass is 289 g/mol. The summed E-state index contributed by atoms with van der Waals surface area (Å²) in [6.07, 6.45) is 0. The predicted octanol–water partition coefficient (Wildman–Crippen LogP) is 3.61. The molecule has 0 saturated heterocycles. The summed E-state index contributed by atoms with van der Waals surface area (Å²) >= 11 is 0.